The normalized spacial score (nSPS) is 18.4. The van der Waals surface area contributed by atoms with E-state index in [0.717, 1.165) is 25.0 Å². The maximum atomic E-state index is 12.8. The number of nitrogens with two attached hydrogens (primary N) is 1. The highest BCUT2D eigenvalue weighted by molar-refractivity contribution is 6.30. The number of anilines is 1. The largest absolute Gasteiger partial charge is 0.416 e. The highest BCUT2D eigenvalue weighted by Gasteiger charge is 2.44. The molecule has 1 unspecified atom stereocenters. The molecule has 0 saturated heterocycles. The van der Waals surface area contributed by atoms with E-state index in [9.17, 15) is 13.2 Å². The number of nitrogens with one attached hydrogen (secondary N) is 1. The molecule has 1 aromatic rings. The number of hydrogen-bond donors (Lipinski definition) is 2. The van der Waals surface area contributed by atoms with Gasteiger partial charge in [-0.15, -0.1) is 0 Å². The molecule has 0 aliphatic heterocycles. The van der Waals surface area contributed by atoms with E-state index in [1.807, 2.05) is 0 Å². The van der Waals surface area contributed by atoms with Crippen LogP contribution in [0.4, 0.5) is 18.9 Å². The van der Waals surface area contributed by atoms with Gasteiger partial charge in [0, 0.05) is 24.4 Å². The van der Waals surface area contributed by atoms with Gasteiger partial charge in [0.1, 0.15) is 0 Å². The SMILES string of the molecule is COCC(CN)(Nc1cc(Cl)cc(C(F)(F)F)c1)C1CC1. The number of benzene rings is 1. The van der Waals surface area contributed by atoms with Gasteiger partial charge >= 0.3 is 6.18 Å². The standard InChI is InChI=1S/C14H18ClF3N2O/c1-21-8-13(7-19,9-2-3-9)20-12-5-10(14(16,17)18)4-11(15)6-12/h4-6,9,20H,2-3,7-8,19H2,1H3. The lowest BCUT2D eigenvalue weighted by atomic mass is 9.93. The summed E-state index contributed by atoms with van der Waals surface area (Å²) in [6.07, 6.45) is -2.46. The Morgan fingerprint density at radius 1 is 1.33 bits per heavy atom. The molecule has 0 amide bonds. The van der Waals surface area contributed by atoms with Gasteiger partial charge in [-0.2, -0.15) is 13.2 Å². The van der Waals surface area contributed by atoms with Crippen LogP contribution in [0.3, 0.4) is 0 Å². The molecular formula is C14H18ClF3N2O. The first-order valence-electron chi connectivity index (χ1n) is 6.66. The van der Waals surface area contributed by atoms with Gasteiger partial charge in [-0.25, -0.2) is 0 Å². The van der Waals surface area contributed by atoms with Crippen molar-refractivity contribution in [3.63, 3.8) is 0 Å². The minimum atomic E-state index is -4.44. The Bertz CT molecular complexity index is 505. The van der Waals surface area contributed by atoms with Crippen molar-refractivity contribution < 1.29 is 17.9 Å². The van der Waals surface area contributed by atoms with E-state index in [1.54, 1.807) is 7.11 Å². The summed E-state index contributed by atoms with van der Waals surface area (Å²) >= 11 is 5.80. The first-order valence-corrected chi connectivity index (χ1v) is 7.03. The minimum absolute atomic E-state index is 0.0338. The second-order valence-corrected chi connectivity index (χ2v) is 5.86. The molecule has 1 aliphatic rings. The molecule has 118 valence electrons. The molecular weight excluding hydrogens is 305 g/mol. The average Bonchev–Trinajstić information content (AvgIpc) is 3.21. The zero-order valence-electron chi connectivity index (χ0n) is 11.6. The molecule has 1 aromatic carbocycles. The summed E-state index contributed by atoms with van der Waals surface area (Å²) in [4.78, 5) is 0. The van der Waals surface area contributed by atoms with Crippen molar-refractivity contribution in [1.82, 2.24) is 0 Å². The third-order valence-electron chi connectivity index (χ3n) is 3.74. The Morgan fingerprint density at radius 2 is 2.00 bits per heavy atom. The fourth-order valence-electron chi connectivity index (χ4n) is 2.54. The van der Waals surface area contributed by atoms with Crippen molar-refractivity contribution in [2.45, 2.75) is 24.6 Å². The van der Waals surface area contributed by atoms with Crippen molar-refractivity contribution in [3.8, 4) is 0 Å². The van der Waals surface area contributed by atoms with Gasteiger partial charge in [-0.1, -0.05) is 11.6 Å². The predicted octanol–water partition coefficient (Wildman–Crippen LogP) is 3.52. The molecule has 0 heterocycles. The Balaban J connectivity index is 2.30. The second kappa shape index (κ2) is 6.02. The average molecular weight is 323 g/mol. The maximum Gasteiger partial charge on any atom is 0.416 e. The quantitative estimate of drug-likeness (QED) is 0.842. The van der Waals surface area contributed by atoms with Crippen molar-refractivity contribution in [2.24, 2.45) is 11.7 Å². The molecule has 0 bridgehead atoms. The van der Waals surface area contributed by atoms with Gasteiger partial charge in [-0.05, 0) is 37.0 Å². The van der Waals surface area contributed by atoms with Crippen LogP contribution in [0.25, 0.3) is 0 Å². The Hall–Kier alpha value is -0.980. The van der Waals surface area contributed by atoms with E-state index in [-0.39, 0.29) is 11.6 Å². The van der Waals surface area contributed by atoms with Gasteiger partial charge in [0.25, 0.3) is 0 Å². The summed E-state index contributed by atoms with van der Waals surface area (Å²) in [5.41, 5.74) is 4.82. The Labute approximate surface area is 126 Å². The van der Waals surface area contributed by atoms with Crippen molar-refractivity contribution in [2.75, 3.05) is 25.6 Å². The maximum absolute atomic E-state index is 12.8. The van der Waals surface area contributed by atoms with Crippen LogP contribution in [-0.2, 0) is 10.9 Å². The minimum Gasteiger partial charge on any atom is -0.382 e. The zero-order valence-corrected chi connectivity index (χ0v) is 12.4. The van der Waals surface area contributed by atoms with Gasteiger partial charge in [0.2, 0.25) is 0 Å². The Kier molecular flexibility index (Phi) is 4.70. The molecule has 1 fully saturated rings. The zero-order chi connectivity index (χ0) is 15.7. The van der Waals surface area contributed by atoms with Crippen molar-refractivity contribution in [3.05, 3.63) is 28.8 Å². The Morgan fingerprint density at radius 3 is 2.48 bits per heavy atom. The predicted molar refractivity (Wildman–Crippen MR) is 76.5 cm³/mol. The van der Waals surface area contributed by atoms with Crippen LogP contribution in [0.2, 0.25) is 5.02 Å². The molecule has 0 radical (unpaired) electrons. The van der Waals surface area contributed by atoms with Crippen LogP contribution in [0.5, 0.6) is 0 Å². The highest BCUT2D eigenvalue weighted by atomic mass is 35.5. The van der Waals surface area contributed by atoms with E-state index in [0.29, 0.717) is 18.2 Å². The number of alkyl halides is 3. The summed E-state index contributed by atoms with van der Waals surface area (Å²) in [6, 6.07) is 3.43. The lowest BCUT2D eigenvalue weighted by Crippen LogP contribution is -2.51. The smallest absolute Gasteiger partial charge is 0.382 e. The van der Waals surface area contributed by atoms with Crippen LogP contribution in [0, 0.1) is 5.92 Å². The summed E-state index contributed by atoms with van der Waals surface area (Å²) in [5, 5.41) is 3.16. The highest BCUT2D eigenvalue weighted by Crippen LogP contribution is 2.42. The fourth-order valence-corrected chi connectivity index (χ4v) is 2.77. The number of ether oxygens (including phenoxy) is 1. The second-order valence-electron chi connectivity index (χ2n) is 5.42. The van der Waals surface area contributed by atoms with Crippen molar-refractivity contribution >= 4 is 17.3 Å². The van der Waals surface area contributed by atoms with Gasteiger partial charge < -0.3 is 15.8 Å². The van der Waals surface area contributed by atoms with E-state index in [2.05, 4.69) is 5.32 Å². The number of methoxy groups -OCH3 is 1. The van der Waals surface area contributed by atoms with Crippen LogP contribution in [0.1, 0.15) is 18.4 Å². The third kappa shape index (κ3) is 3.81. The molecule has 3 nitrogen and oxygen atoms in total. The molecule has 1 atom stereocenters. The summed E-state index contributed by atoms with van der Waals surface area (Å²) in [6.45, 7) is 0.613. The van der Waals surface area contributed by atoms with Gasteiger partial charge in [-0.3, -0.25) is 0 Å². The lowest BCUT2D eigenvalue weighted by Gasteiger charge is -2.34. The molecule has 7 heteroatoms. The van der Waals surface area contributed by atoms with E-state index >= 15 is 0 Å². The number of hydrogen-bond acceptors (Lipinski definition) is 3. The first-order chi connectivity index (χ1) is 9.80. The lowest BCUT2D eigenvalue weighted by molar-refractivity contribution is -0.137. The van der Waals surface area contributed by atoms with E-state index in [1.165, 1.54) is 6.07 Å². The van der Waals surface area contributed by atoms with Crippen LogP contribution in [-0.4, -0.2) is 25.8 Å². The molecule has 1 aliphatic carbocycles. The van der Waals surface area contributed by atoms with Crippen molar-refractivity contribution in [1.29, 1.82) is 0 Å². The molecule has 0 spiro atoms. The molecule has 1 saturated carbocycles. The van der Waals surface area contributed by atoms with E-state index < -0.39 is 17.3 Å². The summed E-state index contributed by atoms with van der Waals surface area (Å²) in [7, 11) is 1.55. The molecule has 0 aromatic heterocycles. The molecule has 3 N–H and O–H groups in total. The molecule has 2 rings (SSSR count). The van der Waals surface area contributed by atoms with Gasteiger partial charge in [0.15, 0.2) is 0 Å². The number of halogens is 4. The summed E-state index contributed by atoms with van der Waals surface area (Å²) in [5.74, 6) is 0.302. The topological polar surface area (TPSA) is 47.3 Å². The first kappa shape index (κ1) is 16.4. The summed E-state index contributed by atoms with van der Waals surface area (Å²) < 4.78 is 43.7. The fraction of sp³-hybridized carbons (Fsp3) is 0.571. The van der Waals surface area contributed by atoms with Crippen LogP contribution >= 0.6 is 11.6 Å². The monoisotopic (exact) mass is 322 g/mol. The van der Waals surface area contributed by atoms with E-state index in [4.69, 9.17) is 22.1 Å². The molecule has 21 heavy (non-hydrogen) atoms. The van der Waals surface area contributed by atoms with Gasteiger partial charge in [0.05, 0.1) is 17.7 Å². The van der Waals surface area contributed by atoms with Crippen LogP contribution in [0.15, 0.2) is 18.2 Å². The van der Waals surface area contributed by atoms with Crippen LogP contribution < -0.4 is 11.1 Å². The third-order valence-corrected chi connectivity index (χ3v) is 3.96. The number of rotatable bonds is 6.